The van der Waals surface area contributed by atoms with Crippen LogP contribution < -0.4 is 19.5 Å². The van der Waals surface area contributed by atoms with Crippen LogP contribution in [0, 0.1) is 6.92 Å². The van der Waals surface area contributed by atoms with Gasteiger partial charge in [-0.25, -0.2) is 8.42 Å². The van der Waals surface area contributed by atoms with E-state index in [-0.39, 0.29) is 22.4 Å². The highest BCUT2D eigenvalue weighted by Gasteiger charge is 2.25. The number of likely N-dealkylation sites (tertiary alicyclic amines) is 1. The van der Waals surface area contributed by atoms with Gasteiger partial charge in [-0.2, -0.15) is 0 Å². The molecule has 3 aromatic carbocycles. The van der Waals surface area contributed by atoms with Crippen molar-refractivity contribution in [2.45, 2.75) is 30.7 Å². The zero-order valence-corrected chi connectivity index (χ0v) is 22.2. The van der Waals surface area contributed by atoms with Crippen LogP contribution in [-0.4, -0.2) is 53.1 Å². The number of anilines is 1. The number of carbonyl (C=O) groups excluding carboxylic acids is 1. The summed E-state index contributed by atoms with van der Waals surface area (Å²) in [6.45, 7) is 4.04. The molecule has 1 atom stereocenters. The van der Waals surface area contributed by atoms with Crippen molar-refractivity contribution < 1.29 is 22.7 Å². The number of amides is 1. The molecule has 1 amide bonds. The molecule has 0 spiro atoms. The zero-order valence-electron chi connectivity index (χ0n) is 21.4. The highest BCUT2D eigenvalue weighted by Crippen LogP contribution is 2.28. The molecule has 4 rings (SSSR count). The van der Waals surface area contributed by atoms with Crippen molar-refractivity contribution in [3.63, 3.8) is 0 Å². The van der Waals surface area contributed by atoms with Crippen molar-refractivity contribution in [1.29, 1.82) is 0 Å². The standard InChI is InChI=1S/C28H33N3O5S/c1-20-10-11-22(18-27(20)37(33,34)30-24-8-4-5-9-26(24)36-3)28(32)29-19-25(31-16-6-7-17-31)21-12-14-23(35-2)15-13-21/h4-5,8-15,18,25,30H,6-7,16-17,19H2,1-3H3,(H,29,32)/t25-/m0/s1. The number of para-hydroxylation sites is 2. The quantitative estimate of drug-likeness (QED) is 0.409. The Balaban J connectivity index is 1.53. The van der Waals surface area contributed by atoms with E-state index in [1.807, 2.05) is 24.3 Å². The molecule has 0 aromatic heterocycles. The third-order valence-corrected chi connectivity index (χ3v) is 8.14. The maximum Gasteiger partial charge on any atom is 0.262 e. The number of ether oxygens (including phenoxy) is 2. The third-order valence-electron chi connectivity index (χ3n) is 6.63. The second kappa shape index (κ2) is 11.7. The molecule has 0 bridgehead atoms. The fraction of sp³-hybridized carbons (Fsp3) is 0.321. The topological polar surface area (TPSA) is 97.0 Å². The average molecular weight is 524 g/mol. The fourth-order valence-electron chi connectivity index (χ4n) is 4.59. The molecule has 0 unspecified atom stereocenters. The molecule has 9 heteroatoms. The van der Waals surface area contributed by atoms with Gasteiger partial charge in [-0.3, -0.25) is 14.4 Å². The van der Waals surface area contributed by atoms with Crippen molar-refractivity contribution in [2.75, 3.05) is 38.6 Å². The zero-order chi connectivity index (χ0) is 26.4. The molecule has 3 aromatic rings. The van der Waals surface area contributed by atoms with Gasteiger partial charge < -0.3 is 14.8 Å². The molecule has 0 radical (unpaired) electrons. The molecular weight excluding hydrogens is 490 g/mol. The summed E-state index contributed by atoms with van der Waals surface area (Å²) in [5.41, 5.74) is 2.23. The highest BCUT2D eigenvalue weighted by atomic mass is 32.2. The molecule has 8 nitrogen and oxygen atoms in total. The minimum atomic E-state index is -3.96. The van der Waals surface area contributed by atoms with E-state index < -0.39 is 10.0 Å². The molecule has 0 saturated carbocycles. The van der Waals surface area contributed by atoms with Crippen molar-refractivity contribution in [3.8, 4) is 11.5 Å². The van der Waals surface area contributed by atoms with Crippen LogP contribution >= 0.6 is 0 Å². The lowest BCUT2D eigenvalue weighted by Crippen LogP contribution is -2.36. The van der Waals surface area contributed by atoms with Gasteiger partial charge in [-0.05, 0) is 80.4 Å². The lowest BCUT2D eigenvalue weighted by atomic mass is 10.0. The summed E-state index contributed by atoms with van der Waals surface area (Å²) in [7, 11) is -0.846. The Bertz CT molecular complexity index is 1340. The summed E-state index contributed by atoms with van der Waals surface area (Å²) in [6.07, 6.45) is 2.25. The van der Waals surface area contributed by atoms with Gasteiger partial charge in [-0.15, -0.1) is 0 Å². The Morgan fingerprint density at radius 3 is 2.35 bits per heavy atom. The molecule has 1 aliphatic heterocycles. The molecule has 0 aliphatic carbocycles. The average Bonchev–Trinajstić information content (AvgIpc) is 3.44. The van der Waals surface area contributed by atoms with Crippen LogP contribution in [0.1, 0.15) is 40.4 Å². The van der Waals surface area contributed by atoms with Crippen LogP contribution in [0.15, 0.2) is 71.6 Å². The van der Waals surface area contributed by atoms with Gasteiger partial charge >= 0.3 is 0 Å². The normalized spacial score (nSPS) is 14.7. The Morgan fingerprint density at radius 1 is 0.973 bits per heavy atom. The summed E-state index contributed by atoms with van der Waals surface area (Å²) in [6, 6.07) is 19.4. The summed E-state index contributed by atoms with van der Waals surface area (Å²) >= 11 is 0. The SMILES string of the molecule is COc1ccc([C@H](CNC(=O)c2ccc(C)c(S(=O)(=O)Nc3ccccc3OC)c2)N2CCCC2)cc1. The number of nitrogens with one attached hydrogen (secondary N) is 2. The Kier molecular flexibility index (Phi) is 8.35. The summed E-state index contributed by atoms with van der Waals surface area (Å²) in [5, 5.41) is 3.02. The van der Waals surface area contributed by atoms with Gasteiger partial charge in [0.25, 0.3) is 15.9 Å². The van der Waals surface area contributed by atoms with Gasteiger partial charge in [0.15, 0.2) is 0 Å². The van der Waals surface area contributed by atoms with Crippen LogP contribution in [-0.2, 0) is 10.0 Å². The molecule has 1 aliphatic rings. The predicted molar refractivity (Wildman–Crippen MR) is 144 cm³/mol. The smallest absolute Gasteiger partial charge is 0.262 e. The number of rotatable bonds is 10. The first-order valence-electron chi connectivity index (χ1n) is 12.2. The number of nitrogens with zero attached hydrogens (tertiary/aromatic N) is 1. The van der Waals surface area contributed by atoms with Crippen LogP contribution in [0.25, 0.3) is 0 Å². The Hall–Kier alpha value is -3.56. The van der Waals surface area contributed by atoms with Crippen molar-refractivity contribution in [2.24, 2.45) is 0 Å². The van der Waals surface area contributed by atoms with Gasteiger partial charge in [-0.1, -0.05) is 30.3 Å². The Labute approximate surface area is 218 Å². The number of aryl methyl sites for hydroxylation is 1. The van der Waals surface area contributed by atoms with E-state index in [0.717, 1.165) is 37.2 Å². The lowest BCUT2D eigenvalue weighted by Gasteiger charge is -2.28. The van der Waals surface area contributed by atoms with Gasteiger partial charge in [0, 0.05) is 12.1 Å². The first-order valence-corrected chi connectivity index (χ1v) is 13.7. The number of methoxy groups -OCH3 is 2. The van der Waals surface area contributed by atoms with E-state index in [1.54, 1.807) is 50.4 Å². The second-order valence-electron chi connectivity index (χ2n) is 9.03. The molecule has 196 valence electrons. The van der Waals surface area contributed by atoms with Crippen LogP contribution in [0.4, 0.5) is 5.69 Å². The van der Waals surface area contributed by atoms with Gasteiger partial charge in [0.2, 0.25) is 0 Å². The summed E-state index contributed by atoms with van der Waals surface area (Å²) in [5.74, 6) is 0.860. The first-order chi connectivity index (χ1) is 17.8. The fourth-order valence-corrected chi connectivity index (χ4v) is 5.93. The second-order valence-corrected chi connectivity index (χ2v) is 10.7. The molecular formula is C28H33N3O5S. The minimum Gasteiger partial charge on any atom is -0.497 e. The van der Waals surface area contributed by atoms with Gasteiger partial charge in [0.05, 0.1) is 30.8 Å². The maximum atomic E-state index is 13.2. The highest BCUT2D eigenvalue weighted by molar-refractivity contribution is 7.92. The number of carbonyl (C=O) groups is 1. The van der Waals surface area contributed by atoms with Crippen LogP contribution in [0.5, 0.6) is 11.5 Å². The van der Waals surface area contributed by atoms with E-state index in [0.29, 0.717) is 23.5 Å². The third kappa shape index (κ3) is 6.23. The molecule has 1 fully saturated rings. The number of hydrogen-bond donors (Lipinski definition) is 2. The number of hydrogen-bond acceptors (Lipinski definition) is 6. The van der Waals surface area contributed by atoms with E-state index in [1.165, 1.54) is 13.2 Å². The largest absolute Gasteiger partial charge is 0.497 e. The van der Waals surface area contributed by atoms with E-state index in [9.17, 15) is 13.2 Å². The monoisotopic (exact) mass is 523 g/mol. The maximum absolute atomic E-state index is 13.2. The summed E-state index contributed by atoms with van der Waals surface area (Å²) < 4.78 is 39.6. The molecule has 2 N–H and O–H groups in total. The van der Waals surface area contributed by atoms with E-state index in [2.05, 4.69) is 14.9 Å². The van der Waals surface area contributed by atoms with E-state index in [4.69, 9.17) is 9.47 Å². The number of benzene rings is 3. The number of sulfonamides is 1. The molecule has 1 saturated heterocycles. The van der Waals surface area contributed by atoms with Crippen molar-refractivity contribution in [1.82, 2.24) is 10.2 Å². The van der Waals surface area contributed by atoms with E-state index >= 15 is 0 Å². The lowest BCUT2D eigenvalue weighted by molar-refractivity contribution is 0.0937. The molecule has 37 heavy (non-hydrogen) atoms. The van der Waals surface area contributed by atoms with Crippen molar-refractivity contribution >= 4 is 21.6 Å². The molecule has 1 heterocycles. The van der Waals surface area contributed by atoms with Crippen LogP contribution in [0.2, 0.25) is 0 Å². The van der Waals surface area contributed by atoms with Crippen LogP contribution in [0.3, 0.4) is 0 Å². The predicted octanol–water partition coefficient (Wildman–Crippen LogP) is 4.38. The van der Waals surface area contributed by atoms with Gasteiger partial charge in [0.1, 0.15) is 11.5 Å². The minimum absolute atomic E-state index is 0.0122. The van der Waals surface area contributed by atoms with Crippen molar-refractivity contribution in [3.05, 3.63) is 83.4 Å². The Morgan fingerprint density at radius 2 is 1.68 bits per heavy atom. The summed E-state index contributed by atoms with van der Waals surface area (Å²) in [4.78, 5) is 15.6. The first kappa shape index (κ1) is 26.5.